The summed E-state index contributed by atoms with van der Waals surface area (Å²) in [5, 5.41) is 13.8. The van der Waals surface area contributed by atoms with Crippen molar-refractivity contribution in [1.82, 2.24) is 14.9 Å². The topological polar surface area (TPSA) is 79.6 Å². The van der Waals surface area contributed by atoms with Gasteiger partial charge in [0.1, 0.15) is 5.75 Å². The van der Waals surface area contributed by atoms with Gasteiger partial charge in [-0.25, -0.2) is 4.79 Å². The fourth-order valence-electron chi connectivity index (χ4n) is 4.99. The highest BCUT2D eigenvalue weighted by atomic mass is 35.5. The molecule has 188 valence electrons. The molecule has 9 heteroatoms. The van der Waals surface area contributed by atoms with E-state index in [1.54, 1.807) is 25.4 Å². The molecule has 0 spiro atoms. The van der Waals surface area contributed by atoms with E-state index in [9.17, 15) is 9.90 Å². The Balaban J connectivity index is 1.65. The molecule has 0 unspecified atom stereocenters. The molecule has 3 heterocycles. The van der Waals surface area contributed by atoms with E-state index >= 15 is 0 Å². The maximum atomic E-state index is 11.3. The Bertz CT molecular complexity index is 1490. The maximum absolute atomic E-state index is 11.3. The average molecular weight is 533 g/mol. The number of carbonyl (C=O) groups is 1. The monoisotopic (exact) mass is 532 g/mol. The highest BCUT2D eigenvalue weighted by Gasteiger charge is 2.42. The average Bonchev–Trinajstić information content (AvgIpc) is 3.39. The van der Waals surface area contributed by atoms with Crippen molar-refractivity contribution in [2.75, 3.05) is 12.0 Å². The molecule has 5 rings (SSSR count). The molecule has 0 saturated carbocycles. The number of aryl methyl sites for hydroxylation is 1. The number of benzene rings is 2. The van der Waals surface area contributed by atoms with Crippen LogP contribution >= 0.6 is 23.8 Å². The Labute approximate surface area is 225 Å². The van der Waals surface area contributed by atoms with Crippen molar-refractivity contribution in [3.05, 3.63) is 106 Å². The number of halogens is 1. The summed E-state index contributed by atoms with van der Waals surface area (Å²) in [6.45, 7) is 4.09. The third kappa shape index (κ3) is 4.43. The molecule has 0 bridgehead atoms. The molecule has 2 atom stereocenters. The third-order valence-electron chi connectivity index (χ3n) is 6.67. The fraction of sp³-hybridized carbons (Fsp3) is 0.179. The van der Waals surface area contributed by atoms with Crippen molar-refractivity contribution in [2.24, 2.45) is 0 Å². The summed E-state index contributed by atoms with van der Waals surface area (Å²) in [6.07, 6.45) is 1.78. The molecule has 0 amide bonds. The standard InChI is InChI=1S/C28H25ClN4O3S/c1-16-14-21(17(2)32(16)19-9-7-18(8-10-19)27(34)35)26-25(23-6-4-5-13-30-23)31-28(37)33(26)20-11-12-24(36-3)22(29)15-20/h4-15,25-26H,1-3H3,(H,31,37)(H,34,35)/t25-,26+/m0/s1. The summed E-state index contributed by atoms with van der Waals surface area (Å²) in [5.74, 6) is -0.366. The van der Waals surface area contributed by atoms with Gasteiger partial charge in [0.05, 0.1) is 35.5 Å². The van der Waals surface area contributed by atoms with Crippen LogP contribution in [-0.2, 0) is 0 Å². The van der Waals surface area contributed by atoms with E-state index in [0.29, 0.717) is 15.9 Å². The number of carboxylic acids is 1. The minimum Gasteiger partial charge on any atom is -0.495 e. The molecule has 1 aliphatic rings. The first-order valence-electron chi connectivity index (χ1n) is 11.7. The van der Waals surface area contributed by atoms with E-state index in [4.69, 9.17) is 28.6 Å². The lowest BCUT2D eigenvalue weighted by Crippen LogP contribution is -2.29. The van der Waals surface area contributed by atoms with E-state index in [2.05, 4.69) is 32.8 Å². The summed E-state index contributed by atoms with van der Waals surface area (Å²) in [7, 11) is 1.58. The first-order chi connectivity index (χ1) is 17.8. The Morgan fingerprint density at radius 1 is 1.08 bits per heavy atom. The van der Waals surface area contributed by atoms with Gasteiger partial charge in [-0.05, 0) is 92.3 Å². The van der Waals surface area contributed by atoms with Gasteiger partial charge in [-0.3, -0.25) is 4.98 Å². The number of rotatable bonds is 6. The first-order valence-corrected chi connectivity index (χ1v) is 12.5. The molecule has 0 radical (unpaired) electrons. The van der Waals surface area contributed by atoms with Crippen molar-refractivity contribution >= 4 is 40.6 Å². The summed E-state index contributed by atoms with van der Waals surface area (Å²) < 4.78 is 7.47. The van der Waals surface area contributed by atoms with Crippen LogP contribution in [0.3, 0.4) is 0 Å². The van der Waals surface area contributed by atoms with Crippen molar-refractivity contribution in [1.29, 1.82) is 0 Å². The second kappa shape index (κ2) is 9.88. The largest absolute Gasteiger partial charge is 0.495 e. The molecular weight excluding hydrogens is 508 g/mol. The van der Waals surface area contributed by atoms with Crippen LogP contribution in [0.1, 0.15) is 45.1 Å². The van der Waals surface area contributed by atoms with Crippen LogP contribution in [-0.4, -0.2) is 32.8 Å². The number of methoxy groups -OCH3 is 1. The lowest BCUT2D eigenvalue weighted by molar-refractivity contribution is 0.0697. The number of anilines is 1. The van der Waals surface area contributed by atoms with Crippen LogP contribution in [0.25, 0.3) is 5.69 Å². The second-order valence-electron chi connectivity index (χ2n) is 8.83. The Hall–Kier alpha value is -3.88. The number of aromatic nitrogens is 2. The van der Waals surface area contributed by atoms with Gasteiger partial charge in [0, 0.05) is 29.0 Å². The number of pyridine rings is 1. The number of aromatic carboxylic acids is 1. The number of carboxylic acid groups (broad SMARTS) is 1. The molecule has 37 heavy (non-hydrogen) atoms. The summed E-state index contributed by atoms with van der Waals surface area (Å²) in [4.78, 5) is 18.0. The van der Waals surface area contributed by atoms with Crippen LogP contribution in [0.2, 0.25) is 5.02 Å². The SMILES string of the molecule is COc1ccc(N2C(=S)N[C@@H](c3ccccn3)[C@H]2c2cc(C)n(-c3ccc(C(=O)O)cc3)c2C)cc1Cl. The summed E-state index contributed by atoms with van der Waals surface area (Å²) >= 11 is 12.4. The molecule has 2 aromatic heterocycles. The lowest BCUT2D eigenvalue weighted by atomic mass is 9.96. The Kier molecular flexibility index (Phi) is 6.62. The van der Waals surface area contributed by atoms with Crippen molar-refractivity contribution in [3.63, 3.8) is 0 Å². The number of nitrogens with one attached hydrogen (secondary N) is 1. The minimum atomic E-state index is -0.953. The molecule has 0 aliphatic carbocycles. The third-order valence-corrected chi connectivity index (χ3v) is 7.28. The van der Waals surface area contributed by atoms with Crippen LogP contribution in [0.15, 0.2) is 72.9 Å². The van der Waals surface area contributed by atoms with Gasteiger partial charge in [0.15, 0.2) is 5.11 Å². The number of thiocarbonyl (C=S) groups is 1. The van der Waals surface area contributed by atoms with E-state index in [1.165, 1.54) is 0 Å². The highest BCUT2D eigenvalue weighted by molar-refractivity contribution is 7.80. The molecule has 1 aliphatic heterocycles. The van der Waals surface area contributed by atoms with E-state index in [1.807, 2.05) is 55.5 Å². The van der Waals surface area contributed by atoms with Crippen molar-refractivity contribution < 1.29 is 14.6 Å². The first kappa shape index (κ1) is 24.8. The second-order valence-corrected chi connectivity index (χ2v) is 9.62. The van der Waals surface area contributed by atoms with Crippen molar-refractivity contribution in [2.45, 2.75) is 25.9 Å². The normalized spacial score (nSPS) is 17.1. The van der Waals surface area contributed by atoms with Gasteiger partial charge in [0.2, 0.25) is 0 Å². The van der Waals surface area contributed by atoms with Crippen LogP contribution < -0.4 is 15.0 Å². The quantitative estimate of drug-likeness (QED) is 0.294. The van der Waals surface area contributed by atoms with Gasteiger partial charge in [-0.15, -0.1) is 0 Å². The predicted molar refractivity (Wildman–Crippen MR) is 148 cm³/mol. The zero-order chi connectivity index (χ0) is 26.3. The molecular formula is C28H25ClN4O3S. The van der Waals surface area contributed by atoms with E-state index in [-0.39, 0.29) is 17.6 Å². The molecule has 2 aromatic carbocycles. The highest BCUT2D eigenvalue weighted by Crippen LogP contribution is 2.44. The van der Waals surface area contributed by atoms with Crippen molar-refractivity contribution in [3.8, 4) is 11.4 Å². The summed E-state index contributed by atoms with van der Waals surface area (Å²) in [5.41, 5.74) is 5.93. The molecule has 1 fully saturated rings. The maximum Gasteiger partial charge on any atom is 0.335 e. The van der Waals surface area contributed by atoms with Crippen LogP contribution in [0.4, 0.5) is 5.69 Å². The van der Waals surface area contributed by atoms with Gasteiger partial charge in [0.25, 0.3) is 0 Å². The number of hydrogen-bond acceptors (Lipinski definition) is 4. The van der Waals surface area contributed by atoms with Gasteiger partial charge in [-0.1, -0.05) is 17.7 Å². The predicted octanol–water partition coefficient (Wildman–Crippen LogP) is 6.03. The van der Waals surface area contributed by atoms with Crippen LogP contribution in [0, 0.1) is 13.8 Å². The lowest BCUT2D eigenvalue weighted by Gasteiger charge is -2.28. The Morgan fingerprint density at radius 3 is 2.43 bits per heavy atom. The smallest absolute Gasteiger partial charge is 0.335 e. The minimum absolute atomic E-state index is 0.210. The molecule has 2 N–H and O–H groups in total. The number of nitrogens with zero attached hydrogens (tertiary/aromatic N) is 3. The number of hydrogen-bond donors (Lipinski definition) is 2. The zero-order valence-electron chi connectivity index (χ0n) is 20.5. The van der Waals surface area contributed by atoms with Gasteiger partial charge >= 0.3 is 5.97 Å². The zero-order valence-corrected chi connectivity index (χ0v) is 22.0. The Morgan fingerprint density at radius 2 is 1.81 bits per heavy atom. The van der Waals surface area contributed by atoms with Gasteiger partial charge in [-0.2, -0.15) is 0 Å². The fourth-order valence-corrected chi connectivity index (χ4v) is 5.59. The molecule has 1 saturated heterocycles. The number of ether oxygens (including phenoxy) is 1. The summed E-state index contributed by atoms with van der Waals surface area (Å²) in [6, 6.07) is 20.1. The molecule has 4 aromatic rings. The molecule has 7 nitrogen and oxygen atoms in total. The van der Waals surface area contributed by atoms with Crippen LogP contribution in [0.5, 0.6) is 5.75 Å². The van der Waals surface area contributed by atoms with Gasteiger partial charge < -0.3 is 24.6 Å². The van der Waals surface area contributed by atoms with E-state index < -0.39 is 5.97 Å². The van der Waals surface area contributed by atoms with E-state index in [0.717, 1.165) is 34.0 Å².